The summed E-state index contributed by atoms with van der Waals surface area (Å²) >= 11 is 7.54. The van der Waals surface area contributed by atoms with Crippen LogP contribution < -0.4 is 10.6 Å². The summed E-state index contributed by atoms with van der Waals surface area (Å²) in [4.78, 5) is 28.2. The second-order valence-electron chi connectivity index (χ2n) is 5.99. The molecule has 0 bridgehead atoms. The summed E-state index contributed by atoms with van der Waals surface area (Å²) in [6, 6.07) is 15.0. The lowest BCUT2D eigenvalue weighted by molar-refractivity contribution is -0.116. The highest BCUT2D eigenvalue weighted by Crippen LogP contribution is 2.26. The van der Waals surface area contributed by atoms with Gasteiger partial charge in [-0.25, -0.2) is 4.98 Å². The topological polar surface area (TPSA) is 71.1 Å². The van der Waals surface area contributed by atoms with E-state index >= 15 is 0 Å². The number of rotatable bonds is 6. The standard InChI is InChI=1S/C20H18ClN3O2S/c1-13(25)22-17-8-7-15(21)10-18(17)24-19(26)11-16-12-27-20(23-16)9-14-5-3-2-4-6-14/h2-8,10,12H,9,11H2,1H3,(H,22,25)(H,24,26). The highest BCUT2D eigenvalue weighted by molar-refractivity contribution is 7.09. The highest BCUT2D eigenvalue weighted by atomic mass is 35.5. The third kappa shape index (κ3) is 5.64. The Bertz CT molecular complexity index is 957. The van der Waals surface area contributed by atoms with Gasteiger partial charge in [-0.2, -0.15) is 0 Å². The van der Waals surface area contributed by atoms with E-state index in [-0.39, 0.29) is 18.2 Å². The van der Waals surface area contributed by atoms with E-state index in [1.807, 2.05) is 23.6 Å². The maximum atomic E-state index is 12.4. The van der Waals surface area contributed by atoms with Gasteiger partial charge in [-0.1, -0.05) is 41.9 Å². The minimum atomic E-state index is -0.224. The largest absolute Gasteiger partial charge is 0.325 e. The van der Waals surface area contributed by atoms with E-state index in [0.717, 1.165) is 11.4 Å². The molecule has 0 aliphatic heterocycles. The molecule has 0 aliphatic carbocycles. The molecule has 2 amide bonds. The van der Waals surface area contributed by atoms with Crippen molar-refractivity contribution in [3.8, 4) is 0 Å². The minimum absolute atomic E-state index is 0.150. The molecule has 2 N–H and O–H groups in total. The zero-order valence-electron chi connectivity index (χ0n) is 14.7. The van der Waals surface area contributed by atoms with Crippen molar-refractivity contribution in [3.05, 3.63) is 75.2 Å². The quantitative estimate of drug-likeness (QED) is 0.639. The lowest BCUT2D eigenvalue weighted by Gasteiger charge is -2.11. The van der Waals surface area contributed by atoms with Crippen molar-refractivity contribution >= 4 is 46.1 Å². The average molecular weight is 400 g/mol. The Kier molecular flexibility index (Phi) is 6.21. The lowest BCUT2D eigenvalue weighted by atomic mass is 10.2. The molecule has 138 valence electrons. The summed E-state index contributed by atoms with van der Waals surface area (Å²) in [5.41, 5.74) is 2.86. The van der Waals surface area contributed by atoms with Crippen LogP contribution in [0.15, 0.2) is 53.9 Å². The summed E-state index contributed by atoms with van der Waals surface area (Å²) in [5, 5.41) is 8.79. The van der Waals surface area contributed by atoms with E-state index in [1.54, 1.807) is 18.2 Å². The van der Waals surface area contributed by atoms with Crippen LogP contribution in [0.25, 0.3) is 0 Å². The first-order valence-corrected chi connectivity index (χ1v) is 9.59. The number of carbonyl (C=O) groups is 2. The van der Waals surface area contributed by atoms with Crippen molar-refractivity contribution in [3.63, 3.8) is 0 Å². The van der Waals surface area contributed by atoms with Crippen LogP contribution in [0, 0.1) is 0 Å². The normalized spacial score (nSPS) is 10.4. The van der Waals surface area contributed by atoms with E-state index in [2.05, 4.69) is 27.8 Å². The van der Waals surface area contributed by atoms with Crippen molar-refractivity contribution in [2.75, 3.05) is 10.6 Å². The molecule has 3 rings (SSSR count). The Balaban J connectivity index is 1.65. The fourth-order valence-electron chi connectivity index (χ4n) is 2.56. The Morgan fingerprint density at radius 3 is 2.59 bits per heavy atom. The molecule has 0 saturated carbocycles. The molecule has 7 heteroatoms. The Morgan fingerprint density at radius 1 is 1.07 bits per heavy atom. The zero-order valence-corrected chi connectivity index (χ0v) is 16.2. The first kappa shape index (κ1) is 19.1. The van der Waals surface area contributed by atoms with Gasteiger partial charge in [0.25, 0.3) is 0 Å². The van der Waals surface area contributed by atoms with Gasteiger partial charge in [0.2, 0.25) is 11.8 Å². The minimum Gasteiger partial charge on any atom is -0.325 e. The Morgan fingerprint density at radius 2 is 1.85 bits per heavy atom. The van der Waals surface area contributed by atoms with Crippen molar-refractivity contribution < 1.29 is 9.59 Å². The van der Waals surface area contributed by atoms with Gasteiger partial charge >= 0.3 is 0 Å². The molecule has 1 aromatic heterocycles. The number of thiazole rings is 1. The fourth-order valence-corrected chi connectivity index (χ4v) is 3.56. The summed E-state index contributed by atoms with van der Waals surface area (Å²) in [7, 11) is 0. The number of amides is 2. The second kappa shape index (κ2) is 8.79. The first-order valence-electron chi connectivity index (χ1n) is 8.34. The molecule has 2 aromatic carbocycles. The lowest BCUT2D eigenvalue weighted by Crippen LogP contribution is -2.17. The van der Waals surface area contributed by atoms with E-state index in [4.69, 9.17) is 11.6 Å². The predicted octanol–water partition coefficient (Wildman–Crippen LogP) is 4.53. The molecule has 1 heterocycles. The SMILES string of the molecule is CC(=O)Nc1ccc(Cl)cc1NC(=O)Cc1csc(Cc2ccccc2)n1. The maximum Gasteiger partial charge on any atom is 0.230 e. The van der Waals surface area contributed by atoms with Crippen LogP contribution in [0.3, 0.4) is 0 Å². The number of hydrogen-bond donors (Lipinski definition) is 2. The van der Waals surface area contributed by atoms with E-state index in [9.17, 15) is 9.59 Å². The predicted molar refractivity (Wildman–Crippen MR) is 109 cm³/mol. The zero-order chi connectivity index (χ0) is 19.2. The molecule has 0 aliphatic rings. The molecular formula is C20H18ClN3O2S. The molecule has 0 saturated heterocycles. The van der Waals surface area contributed by atoms with Gasteiger partial charge < -0.3 is 10.6 Å². The number of aromatic nitrogens is 1. The van der Waals surface area contributed by atoms with E-state index < -0.39 is 0 Å². The molecule has 0 spiro atoms. The third-order valence-electron chi connectivity index (χ3n) is 3.71. The molecule has 0 fully saturated rings. The average Bonchev–Trinajstić information content (AvgIpc) is 3.04. The van der Waals surface area contributed by atoms with Crippen molar-refractivity contribution in [1.29, 1.82) is 0 Å². The number of benzene rings is 2. The van der Waals surface area contributed by atoms with Crippen molar-refractivity contribution in [2.45, 2.75) is 19.8 Å². The van der Waals surface area contributed by atoms with Crippen molar-refractivity contribution in [1.82, 2.24) is 4.98 Å². The van der Waals surface area contributed by atoms with Crippen LogP contribution in [0.1, 0.15) is 23.2 Å². The number of nitrogens with one attached hydrogen (secondary N) is 2. The van der Waals surface area contributed by atoms with Crippen LogP contribution in [-0.2, 0) is 22.4 Å². The van der Waals surface area contributed by atoms with Gasteiger partial charge in [0.1, 0.15) is 0 Å². The van der Waals surface area contributed by atoms with E-state index in [0.29, 0.717) is 22.1 Å². The number of nitrogens with zero attached hydrogens (tertiary/aromatic N) is 1. The first-order chi connectivity index (χ1) is 13.0. The van der Waals surface area contributed by atoms with Gasteiger partial charge in [0.15, 0.2) is 0 Å². The van der Waals surface area contributed by atoms with Gasteiger partial charge in [0.05, 0.1) is 28.5 Å². The van der Waals surface area contributed by atoms with Crippen LogP contribution in [0.4, 0.5) is 11.4 Å². The van der Waals surface area contributed by atoms with Gasteiger partial charge in [-0.15, -0.1) is 11.3 Å². The molecule has 27 heavy (non-hydrogen) atoms. The molecule has 5 nitrogen and oxygen atoms in total. The van der Waals surface area contributed by atoms with Gasteiger partial charge in [-0.05, 0) is 23.8 Å². The molecular weight excluding hydrogens is 382 g/mol. The molecule has 3 aromatic rings. The van der Waals surface area contributed by atoms with Crippen LogP contribution >= 0.6 is 22.9 Å². The fraction of sp³-hybridized carbons (Fsp3) is 0.150. The summed E-state index contributed by atoms with van der Waals surface area (Å²) in [5.74, 6) is -0.446. The molecule has 0 radical (unpaired) electrons. The smallest absolute Gasteiger partial charge is 0.230 e. The number of anilines is 2. The van der Waals surface area contributed by atoms with Crippen LogP contribution in [-0.4, -0.2) is 16.8 Å². The van der Waals surface area contributed by atoms with Crippen LogP contribution in [0.2, 0.25) is 5.02 Å². The molecule has 0 unspecified atom stereocenters. The van der Waals surface area contributed by atoms with Gasteiger partial charge in [-0.3, -0.25) is 9.59 Å². The summed E-state index contributed by atoms with van der Waals surface area (Å²) < 4.78 is 0. The molecule has 0 atom stereocenters. The monoisotopic (exact) mass is 399 g/mol. The summed E-state index contributed by atoms with van der Waals surface area (Å²) in [6.45, 7) is 1.41. The second-order valence-corrected chi connectivity index (χ2v) is 7.37. The van der Waals surface area contributed by atoms with Gasteiger partial charge in [0, 0.05) is 23.7 Å². The number of halogens is 1. The van der Waals surface area contributed by atoms with Crippen LogP contribution in [0.5, 0.6) is 0 Å². The third-order valence-corrected chi connectivity index (χ3v) is 4.84. The van der Waals surface area contributed by atoms with Crippen molar-refractivity contribution in [2.24, 2.45) is 0 Å². The number of carbonyl (C=O) groups excluding carboxylic acids is 2. The Hall–Kier alpha value is -2.70. The van der Waals surface area contributed by atoms with E-state index in [1.165, 1.54) is 23.8 Å². The Labute approximate surface area is 166 Å². The summed E-state index contributed by atoms with van der Waals surface area (Å²) in [6.07, 6.45) is 0.894. The maximum absolute atomic E-state index is 12.4. The number of hydrogen-bond acceptors (Lipinski definition) is 4. The highest BCUT2D eigenvalue weighted by Gasteiger charge is 2.12.